The first kappa shape index (κ1) is 16.6. The maximum Gasteiger partial charge on any atom is 0.258 e. The maximum atomic E-state index is 11.9. The van der Waals surface area contributed by atoms with Gasteiger partial charge < -0.3 is 14.6 Å². The molecule has 7 nitrogen and oxygen atoms in total. The molecule has 1 aromatic carbocycles. The van der Waals surface area contributed by atoms with Gasteiger partial charge in [0.1, 0.15) is 11.4 Å². The Bertz CT molecular complexity index is 832. The zero-order valence-electron chi connectivity index (χ0n) is 13.9. The molecule has 0 unspecified atom stereocenters. The number of nitrogens with zero attached hydrogens (tertiary/aromatic N) is 4. The molecule has 0 saturated carbocycles. The second-order valence-corrected chi connectivity index (χ2v) is 5.44. The second-order valence-electron chi connectivity index (χ2n) is 5.44. The van der Waals surface area contributed by atoms with Crippen molar-refractivity contribution in [3.05, 3.63) is 60.8 Å². The van der Waals surface area contributed by atoms with Crippen LogP contribution in [0.3, 0.4) is 0 Å². The van der Waals surface area contributed by atoms with Crippen molar-refractivity contribution in [2.75, 3.05) is 13.2 Å². The molecule has 25 heavy (non-hydrogen) atoms. The molecule has 3 rings (SSSR count). The first-order valence-electron chi connectivity index (χ1n) is 7.96. The van der Waals surface area contributed by atoms with Crippen LogP contribution < -0.4 is 10.1 Å². The van der Waals surface area contributed by atoms with E-state index in [0.717, 1.165) is 17.1 Å². The van der Waals surface area contributed by atoms with Crippen LogP contribution in [0.2, 0.25) is 0 Å². The van der Waals surface area contributed by atoms with Gasteiger partial charge in [0, 0.05) is 37.9 Å². The van der Waals surface area contributed by atoms with Crippen LogP contribution in [0, 0.1) is 6.92 Å². The Morgan fingerprint density at radius 3 is 2.88 bits per heavy atom. The molecule has 7 heteroatoms. The SMILES string of the molecule is Cc1ccccc1OCC(=O)NCCn1ccnc1-c1cnccn1. The van der Waals surface area contributed by atoms with Crippen molar-refractivity contribution in [2.45, 2.75) is 13.5 Å². The number of carbonyl (C=O) groups excluding carboxylic acids is 1. The van der Waals surface area contributed by atoms with Crippen molar-refractivity contribution in [1.82, 2.24) is 24.8 Å². The van der Waals surface area contributed by atoms with E-state index in [0.29, 0.717) is 18.8 Å². The lowest BCUT2D eigenvalue weighted by atomic mass is 10.2. The number of ether oxygens (including phenoxy) is 1. The highest BCUT2D eigenvalue weighted by Gasteiger charge is 2.08. The van der Waals surface area contributed by atoms with Crippen LogP contribution in [0.4, 0.5) is 0 Å². The number of imidazole rings is 1. The van der Waals surface area contributed by atoms with E-state index in [1.54, 1.807) is 24.8 Å². The molecule has 0 radical (unpaired) electrons. The summed E-state index contributed by atoms with van der Waals surface area (Å²) in [7, 11) is 0. The van der Waals surface area contributed by atoms with E-state index < -0.39 is 0 Å². The van der Waals surface area contributed by atoms with Gasteiger partial charge in [-0.3, -0.25) is 9.78 Å². The van der Waals surface area contributed by atoms with E-state index in [9.17, 15) is 4.79 Å². The van der Waals surface area contributed by atoms with Crippen LogP contribution >= 0.6 is 0 Å². The molecule has 1 N–H and O–H groups in total. The van der Waals surface area contributed by atoms with Gasteiger partial charge in [0.05, 0.1) is 6.20 Å². The largest absolute Gasteiger partial charge is 0.484 e. The number of hydrogen-bond acceptors (Lipinski definition) is 5. The minimum absolute atomic E-state index is 0.00814. The Kier molecular flexibility index (Phi) is 5.36. The lowest BCUT2D eigenvalue weighted by Gasteiger charge is -2.10. The Balaban J connectivity index is 1.48. The normalized spacial score (nSPS) is 10.4. The summed E-state index contributed by atoms with van der Waals surface area (Å²) in [5, 5.41) is 2.84. The summed E-state index contributed by atoms with van der Waals surface area (Å²) in [6.45, 7) is 2.99. The molecule has 128 valence electrons. The smallest absolute Gasteiger partial charge is 0.258 e. The van der Waals surface area contributed by atoms with Gasteiger partial charge in [0.15, 0.2) is 12.4 Å². The van der Waals surface area contributed by atoms with E-state index in [1.807, 2.05) is 42.0 Å². The Morgan fingerprint density at radius 1 is 1.20 bits per heavy atom. The third-order valence-electron chi connectivity index (χ3n) is 3.63. The Morgan fingerprint density at radius 2 is 2.08 bits per heavy atom. The van der Waals surface area contributed by atoms with Crippen LogP contribution in [0.5, 0.6) is 5.75 Å². The molecular formula is C18H19N5O2. The molecule has 0 aliphatic heterocycles. The first-order valence-corrected chi connectivity index (χ1v) is 7.96. The van der Waals surface area contributed by atoms with Gasteiger partial charge in [-0.05, 0) is 18.6 Å². The number of carbonyl (C=O) groups is 1. The number of rotatable bonds is 7. The second kappa shape index (κ2) is 8.05. The summed E-state index contributed by atoms with van der Waals surface area (Å²) in [4.78, 5) is 24.5. The fourth-order valence-corrected chi connectivity index (χ4v) is 2.37. The van der Waals surface area contributed by atoms with Gasteiger partial charge in [-0.25, -0.2) is 9.97 Å². The van der Waals surface area contributed by atoms with Gasteiger partial charge >= 0.3 is 0 Å². The van der Waals surface area contributed by atoms with Crippen molar-refractivity contribution < 1.29 is 9.53 Å². The molecule has 0 aliphatic rings. The van der Waals surface area contributed by atoms with Crippen molar-refractivity contribution in [1.29, 1.82) is 0 Å². The summed E-state index contributed by atoms with van der Waals surface area (Å²) < 4.78 is 7.45. The number of amides is 1. The van der Waals surface area contributed by atoms with Crippen LogP contribution in [0.15, 0.2) is 55.2 Å². The van der Waals surface area contributed by atoms with Crippen LogP contribution in [-0.4, -0.2) is 38.6 Å². The number of hydrogen-bond donors (Lipinski definition) is 1. The fourth-order valence-electron chi connectivity index (χ4n) is 2.37. The van der Waals surface area contributed by atoms with Gasteiger partial charge in [-0.15, -0.1) is 0 Å². The Hall–Kier alpha value is -3.22. The third kappa shape index (κ3) is 4.41. The van der Waals surface area contributed by atoms with Gasteiger partial charge in [0.25, 0.3) is 5.91 Å². The molecule has 2 aromatic heterocycles. The van der Waals surface area contributed by atoms with E-state index >= 15 is 0 Å². The van der Waals surface area contributed by atoms with Crippen LogP contribution in [0.25, 0.3) is 11.5 Å². The summed E-state index contributed by atoms with van der Waals surface area (Å²) in [5.41, 5.74) is 1.70. The number of aromatic nitrogens is 4. The fraction of sp³-hybridized carbons (Fsp3) is 0.222. The van der Waals surface area contributed by atoms with E-state index in [-0.39, 0.29) is 12.5 Å². The molecule has 0 spiro atoms. The number of para-hydroxylation sites is 1. The first-order chi connectivity index (χ1) is 12.2. The van der Waals surface area contributed by atoms with Crippen LogP contribution in [0.1, 0.15) is 5.56 Å². The zero-order chi connectivity index (χ0) is 17.5. The van der Waals surface area contributed by atoms with E-state index in [4.69, 9.17) is 4.74 Å². The molecule has 0 aliphatic carbocycles. The Labute approximate surface area is 145 Å². The quantitative estimate of drug-likeness (QED) is 0.711. The predicted octanol–water partition coefficient (Wildman–Crippen LogP) is 1.84. The standard InChI is InChI=1S/C18H19N5O2/c1-14-4-2-3-5-16(14)25-13-17(24)21-8-10-23-11-9-22-18(23)15-12-19-6-7-20-15/h2-7,9,11-12H,8,10,13H2,1H3,(H,21,24). The van der Waals surface area contributed by atoms with Gasteiger partial charge in [-0.2, -0.15) is 0 Å². The van der Waals surface area contributed by atoms with Crippen LogP contribution in [-0.2, 0) is 11.3 Å². The van der Waals surface area contributed by atoms with Crippen molar-refractivity contribution in [3.8, 4) is 17.3 Å². The average Bonchev–Trinajstić information content (AvgIpc) is 3.10. The highest BCUT2D eigenvalue weighted by molar-refractivity contribution is 5.77. The van der Waals surface area contributed by atoms with Gasteiger partial charge in [0.2, 0.25) is 0 Å². The van der Waals surface area contributed by atoms with Crippen molar-refractivity contribution in [2.24, 2.45) is 0 Å². The monoisotopic (exact) mass is 337 g/mol. The predicted molar refractivity (Wildman–Crippen MR) is 92.9 cm³/mol. The van der Waals surface area contributed by atoms with E-state index in [1.165, 1.54) is 0 Å². The lowest BCUT2D eigenvalue weighted by molar-refractivity contribution is -0.123. The molecular weight excluding hydrogens is 318 g/mol. The average molecular weight is 337 g/mol. The van der Waals surface area contributed by atoms with Gasteiger partial charge in [-0.1, -0.05) is 18.2 Å². The summed E-state index contributed by atoms with van der Waals surface area (Å²) >= 11 is 0. The molecule has 0 saturated heterocycles. The molecule has 2 heterocycles. The minimum atomic E-state index is -0.163. The zero-order valence-corrected chi connectivity index (χ0v) is 13.9. The topological polar surface area (TPSA) is 81.9 Å². The van der Waals surface area contributed by atoms with Crippen molar-refractivity contribution >= 4 is 5.91 Å². The lowest BCUT2D eigenvalue weighted by Crippen LogP contribution is -2.31. The maximum absolute atomic E-state index is 11.9. The molecule has 0 bridgehead atoms. The number of aryl methyl sites for hydroxylation is 1. The molecule has 1 amide bonds. The minimum Gasteiger partial charge on any atom is -0.484 e. The molecule has 0 fully saturated rings. The van der Waals surface area contributed by atoms with Crippen molar-refractivity contribution in [3.63, 3.8) is 0 Å². The summed E-state index contributed by atoms with van der Waals surface area (Å²) in [5.74, 6) is 1.28. The summed E-state index contributed by atoms with van der Waals surface area (Å²) in [6.07, 6.45) is 8.45. The number of nitrogens with one attached hydrogen (secondary N) is 1. The molecule has 3 aromatic rings. The van der Waals surface area contributed by atoms with E-state index in [2.05, 4.69) is 20.3 Å². The third-order valence-corrected chi connectivity index (χ3v) is 3.63. The summed E-state index contributed by atoms with van der Waals surface area (Å²) in [6, 6.07) is 7.61. The highest BCUT2D eigenvalue weighted by Crippen LogP contribution is 2.15. The number of benzene rings is 1. The highest BCUT2D eigenvalue weighted by atomic mass is 16.5. The molecule has 0 atom stereocenters.